The topological polar surface area (TPSA) is 116 Å². The SMILES string of the molecule is COC(=O)c1ccccc1.Cc1nc(C(=O)N=S(=O)=O)oc1C. The third-order valence-corrected chi connectivity index (χ3v) is 2.88. The molecule has 2 rings (SSSR count). The molecule has 0 aliphatic rings. The Kier molecular flexibility index (Phi) is 6.81. The average molecular weight is 338 g/mol. The number of esters is 1. The molecule has 8 nitrogen and oxygen atoms in total. The summed E-state index contributed by atoms with van der Waals surface area (Å²) in [7, 11) is -1.40. The monoisotopic (exact) mass is 338 g/mol. The summed E-state index contributed by atoms with van der Waals surface area (Å²) in [5.74, 6) is -1.13. The Labute approximate surface area is 133 Å². The van der Waals surface area contributed by atoms with Crippen molar-refractivity contribution in [1.82, 2.24) is 4.98 Å². The molecule has 0 atom stereocenters. The number of aromatic nitrogens is 1. The number of benzene rings is 1. The van der Waals surface area contributed by atoms with Gasteiger partial charge in [0.2, 0.25) is 0 Å². The second-order valence-corrected chi connectivity index (χ2v) is 4.75. The molecule has 0 unspecified atom stereocenters. The summed E-state index contributed by atoms with van der Waals surface area (Å²) >= 11 is 0. The largest absolute Gasteiger partial charge is 0.465 e. The first-order chi connectivity index (χ1) is 10.8. The molecule has 122 valence electrons. The van der Waals surface area contributed by atoms with Crippen molar-refractivity contribution in [3.05, 3.63) is 53.2 Å². The number of carbonyl (C=O) groups is 2. The highest BCUT2D eigenvalue weighted by atomic mass is 32.2. The van der Waals surface area contributed by atoms with Gasteiger partial charge in [0.25, 0.3) is 5.89 Å². The van der Waals surface area contributed by atoms with E-state index >= 15 is 0 Å². The number of aryl methyl sites for hydroxylation is 2. The van der Waals surface area contributed by atoms with Crippen LogP contribution >= 0.6 is 0 Å². The summed E-state index contributed by atoms with van der Waals surface area (Å²) in [5.41, 5.74) is 1.13. The second kappa shape index (κ2) is 8.59. The first-order valence-corrected chi connectivity index (χ1v) is 7.31. The molecule has 0 N–H and O–H groups in total. The zero-order chi connectivity index (χ0) is 17.4. The van der Waals surface area contributed by atoms with Crippen molar-refractivity contribution in [3.8, 4) is 0 Å². The Morgan fingerprint density at radius 3 is 2.22 bits per heavy atom. The van der Waals surface area contributed by atoms with E-state index in [1.54, 1.807) is 38.1 Å². The fourth-order valence-electron chi connectivity index (χ4n) is 1.36. The summed E-state index contributed by atoms with van der Waals surface area (Å²) in [5, 5.41) is 0. The molecule has 0 bridgehead atoms. The molecular weight excluding hydrogens is 324 g/mol. The predicted octanol–water partition coefficient (Wildman–Crippen LogP) is 1.97. The molecule has 23 heavy (non-hydrogen) atoms. The Morgan fingerprint density at radius 2 is 1.78 bits per heavy atom. The molecule has 0 saturated heterocycles. The van der Waals surface area contributed by atoms with Crippen molar-refractivity contribution in [3.63, 3.8) is 0 Å². The summed E-state index contributed by atoms with van der Waals surface area (Å²) in [4.78, 5) is 25.4. The minimum Gasteiger partial charge on any atom is -0.465 e. The summed E-state index contributed by atoms with van der Waals surface area (Å²) < 4.78 is 32.1. The minimum absolute atomic E-state index is 0.291. The van der Waals surface area contributed by atoms with Crippen molar-refractivity contribution in [2.75, 3.05) is 7.11 Å². The van der Waals surface area contributed by atoms with Gasteiger partial charge in [-0.1, -0.05) is 22.6 Å². The van der Waals surface area contributed by atoms with Crippen molar-refractivity contribution >= 4 is 22.4 Å². The van der Waals surface area contributed by atoms with Gasteiger partial charge in [-0.3, -0.25) is 4.79 Å². The van der Waals surface area contributed by atoms with Gasteiger partial charge in [-0.15, -0.1) is 0 Å². The number of oxazole rings is 1. The van der Waals surface area contributed by atoms with Crippen LogP contribution in [0.3, 0.4) is 0 Å². The number of ether oxygens (including phenoxy) is 1. The Bertz CT molecular complexity index is 797. The van der Waals surface area contributed by atoms with Crippen LogP contribution in [0.25, 0.3) is 0 Å². The minimum atomic E-state index is -2.77. The lowest BCUT2D eigenvalue weighted by molar-refractivity contribution is 0.0600. The highest BCUT2D eigenvalue weighted by Crippen LogP contribution is 2.08. The van der Waals surface area contributed by atoms with E-state index in [0.717, 1.165) is 0 Å². The standard InChI is InChI=1S/C8H8O2.C6H6N2O4S/c1-10-8(9)7-5-3-2-4-6-7;1-3-4(2)12-6(7-3)5(9)8-13(10)11/h2-6H,1H3;1-2H3. The zero-order valence-electron chi connectivity index (χ0n) is 12.6. The van der Waals surface area contributed by atoms with Gasteiger partial charge >= 0.3 is 22.4 Å². The van der Waals surface area contributed by atoms with Gasteiger partial charge in [0.15, 0.2) is 0 Å². The Morgan fingerprint density at radius 1 is 1.17 bits per heavy atom. The smallest absolute Gasteiger partial charge is 0.347 e. The van der Waals surface area contributed by atoms with Gasteiger partial charge in [0, 0.05) is 0 Å². The lowest BCUT2D eigenvalue weighted by Crippen LogP contribution is -1.99. The highest BCUT2D eigenvalue weighted by molar-refractivity contribution is 7.62. The maximum Gasteiger partial charge on any atom is 0.347 e. The maximum absolute atomic E-state index is 10.9. The van der Waals surface area contributed by atoms with E-state index in [4.69, 9.17) is 4.42 Å². The Balaban J connectivity index is 0.000000238. The van der Waals surface area contributed by atoms with Crippen LogP contribution in [0, 0.1) is 13.8 Å². The van der Waals surface area contributed by atoms with E-state index in [9.17, 15) is 18.0 Å². The van der Waals surface area contributed by atoms with Crippen LogP contribution in [0.15, 0.2) is 39.1 Å². The van der Waals surface area contributed by atoms with Crippen LogP contribution in [0.4, 0.5) is 0 Å². The van der Waals surface area contributed by atoms with Gasteiger partial charge in [0.05, 0.1) is 18.4 Å². The second-order valence-electron chi connectivity index (χ2n) is 4.13. The van der Waals surface area contributed by atoms with Crippen molar-refractivity contribution in [1.29, 1.82) is 0 Å². The third-order valence-electron chi connectivity index (χ3n) is 2.56. The van der Waals surface area contributed by atoms with Crippen LogP contribution < -0.4 is 0 Å². The number of amides is 1. The van der Waals surface area contributed by atoms with Crippen LogP contribution in [0.5, 0.6) is 0 Å². The molecule has 1 aromatic heterocycles. The first-order valence-electron chi connectivity index (χ1n) is 6.28. The molecular formula is C14H14N2O6S. The van der Waals surface area contributed by atoms with Gasteiger partial charge in [-0.25, -0.2) is 9.78 Å². The molecule has 0 aliphatic carbocycles. The van der Waals surface area contributed by atoms with E-state index in [2.05, 4.69) is 14.1 Å². The number of hydrogen-bond donors (Lipinski definition) is 0. The molecule has 0 radical (unpaired) electrons. The molecule has 0 spiro atoms. The van der Waals surface area contributed by atoms with E-state index in [-0.39, 0.29) is 11.9 Å². The van der Waals surface area contributed by atoms with Crippen LogP contribution in [0.1, 0.15) is 32.5 Å². The normalized spacial score (nSPS) is 9.35. The molecule has 2 aromatic rings. The number of hydrogen-bond acceptors (Lipinski definition) is 7. The van der Waals surface area contributed by atoms with Crippen LogP contribution in [-0.4, -0.2) is 32.4 Å². The third kappa shape index (κ3) is 5.83. The first kappa shape index (κ1) is 18.2. The van der Waals surface area contributed by atoms with Crippen LogP contribution in [0.2, 0.25) is 0 Å². The number of methoxy groups -OCH3 is 1. The summed E-state index contributed by atoms with van der Waals surface area (Å²) in [6, 6.07) is 8.88. The van der Waals surface area contributed by atoms with Gasteiger partial charge in [-0.2, -0.15) is 8.42 Å². The van der Waals surface area contributed by atoms with Gasteiger partial charge in [0.1, 0.15) is 5.76 Å². The average Bonchev–Trinajstić information content (AvgIpc) is 2.87. The van der Waals surface area contributed by atoms with E-state index in [1.807, 2.05) is 6.07 Å². The maximum atomic E-state index is 10.9. The fraction of sp³-hybridized carbons (Fsp3) is 0.214. The number of carbonyl (C=O) groups excluding carboxylic acids is 2. The van der Waals surface area contributed by atoms with Gasteiger partial charge < -0.3 is 9.15 Å². The van der Waals surface area contributed by atoms with Crippen molar-refractivity contribution < 1.29 is 27.2 Å². The fourth-order valence-corrected chi connectivity index (χ4v) is 1.58. The van der Waals surface area contributed by atoms with Crippen LogP contribution in [-0.2, 0) is 15.2 Å². The predicted molar refractivity (Wildman–Crippen MR) is 79.4 cm³/mol. The molecule has 0 fully saturated rings. The van der Waals surface area contributed by atoms with Crippen molar-refractivity contribution in [2.24, 2.45) is 4.36 Å². The number of nitrogens with zero attached hydrogens (tertiary/aromatic N) is 2. The molecule has 1 heterocycles. The summed E-state index contributed by atoms with van der Waals surface area (Å²) in [6.45, 7) is 3.26. The summed E-state index contributed by atoms with van der Waals surface area (Å²) in [6.07, 6.45) is 0. The molecule has 1 aromatic carbocycles. The Hall–Kier alpha value is -2.81. The van der Waals surface area contributed by atoms with E-state index in [0.29, 0.717) is 17.0 Å². The van der Waals surface area contributed by atoms with Gasteiger partial charge in [-0.05, 0) is 26.0 Å². The molecule has 9 heteroatoms. The molecule has 1 amide bonds. The van der Waals surface area contributed by atoms with E-state index in [1.165, 1.54) is 7.11 Å². The lowest BCUT2D eigenvalue weighted by Gasteiger charge is -1.95. The highest BCUT2D eigenvalue weighted by Gasteiger charge is 2.13. The molecule has 0 aliphatic heterocycles. The quantitative estimate of drug-likeness (QED) is 0.768. The zero-order valence-corrected chi connectivity index (χ0v) is 13.5. The lowest BCUT2D eigenvalue weighted by atomic mass is 10.2. The van der Waals surface area contributed by atoms with E-state index < -0.39 is 16.4 Å². The molecule has 0 saturated carbocycles. The number of rotatable bonds is 2. The van der Waals surface area contributed by atoms with Crippen molar-refractivity contribution in [2.45, 2.75) is 13.8 Å².